The van der Waals surface area contributed by atoms with E-state index in [2.05, 4.69) is 4.72 Å². The molecule has 1 aromatic carbocycles. The molecule has 2 rings (SSSR count). The van der Waals surface area contributed by atoms with Gasteiger partial charge in [-0.3, -0.25) is 4.31 Å². The van der Waals surface area contributed by atoms with Gasteiger partial charge in [-0.15, -0.1) is 11.3 Å². The van der Waals surface area contributed by atoms with Crippen LogP contribution in [0.15, 0.2) is 46.0 Å². The Balaban J connectivity index is 2.10. The third-order valence-corrected chi connectivity index (χ3v) is 7.14. The van der Waals surface area contributed by atoms with Gasteiger partial charge in [0, 0.05) is 13.1 Å². The van der Waals surface area contributed by atoms with Crippen molar-refractivity contribution in [3.8, 4) is 0 Å². The maximum Gasteiger partial charge on any atom is 0.250 e. The minimum Gasteiger partial charge on any atom is -0.269 e. The molecule has 0 radical (unpaired) electrons. The molecule has 1 aromatic heterocycles. The highest BCUT2D eigenvalue weighted by atomic mass is 32.2. The van der Waals surface area contributed by atoms with Crippen molar-refractivity contribution in [3.05, 3.63) is 47.3 Å². The molecule has 0 saturated carbocycles. The average Bonchev–Trinajstić information content (AvgIpc) is 2.98. The van der Waals surface area contributed by atoms with Crippen LogP contribution in [0.3, 0.4) is 0 Å². The van der Waals surface area contributed by atoms with Gasteiger partial charge in [0.15, 0.2) is 0 Å². The number of anilines is 1. The summed E-state index contributed by atoms with van der Waals surface area (Å²) in [6.45, 7) is 1.91. The minimum atomic E-state index is -3.60. The molecule has 0 bridgehead atoms. The number of hydrogen-bond acceptors (Lipinski definition) is 5. The molecule has 6 nitrogen and oxygen atoms in total. The number of benzene rings is 1. The summed E-state index contributed by atoms with van der Waals surface area (Å²) in [7, 11) is -7.10. The highest BCUT2D eigenvalue weighted by molar-refractivity contribution is 7.92. The van der Waals surface area contributed by atoms with Crippen LogP contribution in [0.1, 0.15) is 5.56 Å². The summed E-state index contributed by atoms with van der Waals surface area (Å²) >= 11 is 1.11. The first kappa shape index (κ1) is 17.9. The van der Waals surface area contributed by atoms with E-state index in [1.165, 1.54) is 10.4 Å². The third-order valence-electron chi connectivity index (χ3n) is 3.09. The van der Waals surface area contributed by atoms with Crippen LogP contribution in [0.5, 0.6) is 0 Å². The number of rotatable bonds is 7. The first-order chi connectivity index (χ1) is 10.7. The van der Waals surface area contributed by atoms with Gasteiger partial charge in [0.2, 0.25) is 20.0 Å². The molecule has 1 N–H and O–H groups in total. The summed E-state index contributed by atoms with van der Waals surface area (Å²) in [6, 6.07) is 10.2. The lowest BCUT2D eigenvalue weighted by molar-refractivity contribution is 0.580. The van der Waals surface area contributed by atoms with E-state index < -0.39 is 20.0 Å². The Hall–Kier alpha value is -1.42. The summed E-state index contributed by atoms with van der Waals surface area (Å²) in [5, 5.41) is 1.67. The zero-order valence-corrected chi connectivity index (χ0v) is 15.2. The van der Waals surface area contributed by atoms with Crippen molar-refractivity contribution in [2.45, 2.75) is 11.1 Å². The normalized spacial score (nSPS) is 12.3. The Kier molecular flexibility index (Phi) is 5.45. The molecule has 23 heavy (non-hydrogen) atoms. The summed E-state index contributed by atoms with van der Waals surface area (Å²) in [5.41, 5.74) is 1.52. The molecule has 0 amide bonds. The van der Waals surface area contributed by atoms with Gasteiger partial charge >= 0.3 is 0 Å². The van der Waals surface area contributed by atoms with Crippen molar-refractivity contribution in [2.75, 3.05) is 23.7 Å². The maximum absolute atomic E-state index is 12.0. The average molecular weight is 375 g/mol. The molecule has 126 valence electrons. The molecule has 1 heterocycles. The lowest BCUT2D eigenvalue weighted by Gasteiger charge is -2.22. The number of nitrogens with one attached hydrogen (secondary N) is 1. The molecule has 2 aromatic rings. The smallest absolute Gasteiger partial charge is 0.250 e. The Morgan fingerprint density at radius 3 is 2.26 bits per heavy atom. The van der Waals surface area contributed by atoms with Crippen molar-refractivity contribution in [1.82, 2.24) is 4.72 Å². The fraction of sp³-hybridized carbons (Fsp3) is 0.286. The van der Waals surface area contributed by atoms with Crippen molar-refractivity contribution < 1.29 is 16.8 Å². The number of nitrogens with zero attached hydrogens (tertiary/aromatic N) is 1. The highest BCUT2D eigenvalue weighted by Gasteiger charge is 2.19. The summed E-state index contributed by atoms with van der Waals surface area (Å²) in [6.07, 6.45) is 1.10. The fourth-order valence-corrected chi connectivity index (χ4v) is 4.95. The molecule has 0 fully saturated rings. The standard InChI is InChI=1S/C14H18N2O4S3/c1-12-5-7-13(8-6-12)16(22(2,17)18)10-9-15-23(19,20)14-4-3-11-21-14/h3-8,11,15H,9-10H2,1-2H3. The van der Waals surface area contributed by atoms with Gasteiger partial charge in [0.05, 0.1) is 11.9 Å². The SMILES string of the molecule is Cc1ccc(N(CCNS(=O)(=O)c2cccs2)S(C)(=O)=O)cc1. The summed E-state index contributed by atoms with van der Waals surface area (Å²) < 4.78 is 51.8. The third kappa shape index (κ3) is 4.77. The van der Waals surface area contributed by atoms with E-state index in [1.54, 1.807) is 23.6 Å². The van der Waals surface area contributed by atoms with E-state index in [4.69, 9.17) is 0 Å². The number of sulfonamides is 2. The molecular formula is C14H18N2O4S3. The van der Waals surface area contributed by atoms with Crippen LogP contribution in [0.25, 0.3) is 0 Å². The van der Waals surface area contributed by atoms with Crippen molar-refractivity contribution in [3.63, 3.8) is 0 Å². The topological polar surface area (TPSA) is 83.6 Å². The van der Waals surface area contributed by atoms with Crippen LogP contribution in [-0.2, 0) is 20.0 Å². The molecule has 0 saturated heterocycles. The summed E-state index contributed by atoms with van der Waals surface area (Å²) in [5.74, 6) is 0. The Morgan fingerprint density at radius 2 is 1.74 bits per heavy atom. The van der Waals surface area contributed by atoms with Gasteiger partial charge in [-0.25, -0.2) is 21.6 Å². The Bertz CT molecular complexity index is 842. The monoisotopic (exact) mass is 374 g/mol. The van der Waals surface area contributed by atoms with Crippen molar-refractivity contribution >= 4 is 37.1 Å². The van der Waals surface area contributed by atoms with E-state index >= 15 is 0 Å². The highest BCUT2D eigenvalue weighted by Crippen LogP contribution is 2.18. The van der Waals surface area contributed by atoms with Gasteiger partial charge in [-0.1, -0.05) is 23.8 Å². The van der Waals surface area contributed by atoms with E-state index in [9.17, 15) is 16.8 Å². The molecular weight excluding hydrogens is 356 g/mol. The summed E-state index contributed by atoms with van der Waals surface area (Å²) in [4.78, 5) is 0. The van der Waals surface area contributed by atoms with Crippen LogP contribution in [0.2, 0.25) is 0 Å². The molecule has 0 aliphatic carbocycles. The van der Waals surface area contributed by atoms with Crippen molar-refractivity contribution in [1.29, 1.82) is 0 Å². The van der Waals surface area contributed by atoms with E-state index in [-0.39, 0.29) is 17.3 Å². The molecule has 0 aliphatic heterocycles. The van der Waals surface area contributed by atoms with E-state index in [0.29, 0.717) is 5.69 Å². The molecule has 0 aliphatic rings. The van der Waals surface area contributed by atoms with Crippen LogP contribution in [-0.4, -0.2) is 36.2 Å². The van der Waals surface area contributed by atoms with Gasteiger partial charge in [0.1, 0.15) is 4.21 Å². The van der Waals surface area contributed by atoms with Gasteiger partial charge in [0.25, 0.3) is 0 Å². The van der Waals surface area contributed by atoms with E-state index in [1.807, 2.05) is 19.1 Å². The Labute approximate surface area is 140 Å². The predicted octanol–water partition coefficient (Wildman–Crippen LogP) is 1.80. The van der Waals surface area contributed by atoms with Crippen LogP contribution in [0.4, 0.5) is 5.69 Å². The van der Waals surface area contributed by atoms with Gasteiger partial charge in [-0.05, 0) is 30.5 Å². The molecule has 9 heteroatoms. The zero-order valence-electron chi connectivity index (χ0n) is 12.8. The van der Waals surface area contributed by atoms with Crippen LogP contribution in [0, 0.1) is 6.92 Å². The predicted molar refractivity (Wildman–Crippen MR) is 92.9 cm³/mol. The lowest BCUT2D eigenvalue weighted by atomic mass is 10.2. The van der Waals surface area contributed by atoms with Gasteiger partial charge < -0.3 is 0 Å². The fourth-order valence-electron chi connectivity index (χ4n) is 1.97. The quantitative estimate of drug-likeness (QED) is 0.801. The second kappa shape index (κ2) is 7.00. The maximum atomic E-state index is 12.0. The minimum absolute atomic E-state index is 0.0127. The number of hydrogen-bond donors (Lipinski definition) is 1. The largest absolute Gasteiger partial charge is 0.269 e. The van der Waals surface area contributed by atoms with Crippen LogP contribution >= 0.6 is 11.3 Å². The molecule has 0 unspecified atom stereocenters. The Morgan fingerprint density at radius 1 is 1.09 bits per heavy atom. The zero-order chi connectivity index (χ0) is 17.1. The lowest BCUT2D eigenvalue weighted by Crippen LogP contribution is -2.38. The first-order valence-electron chi connectivity index (χ1n) is 6.78. The second-order valence-corrected chi connectivity index (χ2v) is 9.85. The molecule has 0 spiro atoms. The molecule has 0 atom stereocenters. The van der Waals surface area contributed by atoms with E-state index in [0.717, 1.165) is 23.2 Å². The van der Waals surface area contributed by atoms with Crippen molar-refractivity contribution in [2.24, 2.45) is 0 Å². The van der Waals surface area contributed by atoms with Gasteiger partial charge in [-0.2, -0.15) is 0 Å². The first-order valence-corrected chi connectivity index (χ1v) is 11.0. The second-order valence-electron chi connectivity index (χ2n) is 5.00. The number of aryl methyl sites for hydroxylation is 1. The number of thiophene rings is 1. The van der Waals surface area contributed by atoms with Crippen LogP contribution < -0.4 is 9.03 Å².